The largest absolute Gasteiger partial charge is 0.453 e. The van der Waals surface area contributed by atoms with E-state index in [2.05, 4.69) is 362 Å². The summed E-state index contributed by atoms with van der Waals surface area (Å²) in [6.07, 6.45) is 0. The van der Waals surface area contributed by atoms with Crippen molar-refractivity contribution >= 4 is 88.8 Å². The zero-order chi connectivity index (χ0) is 61.4. The molecule has 0 saturated carbocycles. The molecule has 0 radical (unpaired) electrons. The van der Waals surface area contributed by atoms with Crippen LogP contribution in [0.15, 0.2) is 361 Å². The highest BCUT2D eigenvalue weighted by molar-refractivity contribution is 6.18. The average molecular weight is 1190 g/mol. The van der Waals surface area contributed by atoms with Gasteiger partial charge in [-0.25, -0.2) is 0 Å². The van der Waals surface area contributed by atoms with Crippen LogP contribution in [0.25, 0.3) is 110 Å². The van der Waals surface area contributed by atoms with Crippen LogP contribution >= 0.6 is 0 Å². The summed E-state index contributed by atoms with van der Waals surface area (Å²) in [6.45, 7) is 0. The Labute approximate surface area is 539 Å². The SMILES string of the molecule is c1ccc(-c2ccccc2N(c2ccc3c(c2)C(c2ccccc2)(c2ccccc2)c2cc(N(c4ccccc4-c4ccccc4)c4cccc5c4oc4c(-c6ccccc6)cccc45)c4ccccc4c2-3)c2cccc3c2oc2c(-c4ccccc4)cccc23)cc1. The van der Waals surface area contributed by atoms with Gasteiger partial charge in [0.05, 0.1) is 33.9 Å². The monoisotopic (exact) mass is 1190 g/mol. The summed E-state index contributed by atoms with van der Waals surface area (Å²) in [5.74, 6) is 0. The van der Waals surface area contributed by atoms with Gasteiger partial charge in [-0.15, -0.1) is 0 Å². The Morgan fingerprint density at radius 3 is 1.06 bits per heavy atom. The lowest BCUT2D eigenvalue weighted by atomic mass is 9.67. The van der Waals surface area contributed by atoms with Crippen molar-refractivity contribution in [3.8, 4) is 55.6 Å². The van der Waals surface area contributed by atoms with Crippen LogP contribution in [0.4, 0.5) is 34.1 Å². The highest BCUT2D eigenvalue weighted by Gasteiger charge is 2.48. The maximum Gasteiger partial charge on any atom is 0.159 e. The molecule has 1 aliphatic carbocycles. The summed E-state index contributed by atoms with van der Waals surface area (Å²) in [7, 11) is 0. The van der Waals surface area contributed by atoms with Crippen LogP contribution in [0, 0.1) is 0 Å². The number of hydrogen-bond donors (Lipinski definition) is 0. The van der Waals surface area contributed by atoms with E-state index in [9.17, 15) is 0 Å². The second-order valence-corrected chi connectivity index (χ2v) is 24.1. The van der Waals surface area contributed by atoms with Gasteiger partial charge in [0.2, 0.25) is 0 Å². The van der Waals surface area contributed by atoms with Crippen molar-refractivity contribution in [2.75, 3.05) is 9.80 Å². The minimum absolute atomic E-state index is 0.806. The zero-order valence-electron chi connectivity index (χ0n) is 50.7. The Morgan fingerprint density at radius 1 is 0.215 bits per heavy atom. The lowest BCUT2D eigenvalue weighted by molar-refractivity contribution is 0.670. The van der Waals surface area contributed by atoms with E-state index in [1.54, 1.807) is 0 Å². The zero-order valence-corrected chi connectivity index (χ0v) is 50.7. The van der Waals surface area contributed by atoms with E-state index >= 15 is 0 Å². The fourth-order valence-corrected chi connectivity index (χ4v) is 15.1. The first kappa shape index (κ1) is 53.8. The van der Waals surface area contributed by atoms with Gasteiger partial charge in [0, 0.05) is 54.9 Å². The molecule has 436 valence electrons. The van der Waals surface area contributed by atoms with Crippen LogP contribution in [-0.2, 0) is 5.41 Å². The number of furan rings is 2. The molecule has 0 spiro atoms. The predicted octanol–water partition coefficient (Wildman–Crippen LogP) is 24.6. The van der Waals surface area contributed by atoms with Crippen molar-refractivity contribution in [3.05, 3.63) is 374 Å². The summed E-state index contributed by atoms with van der Waals surface area (Å²) in [5.41, 5.74) is 24.1. The molecule has 17 aromatic rings. The molecular formula is C89H58N2O2. The van der Waals surface area contributed by atoms with Gasteiger partial charge in [0.15, 0.2) is 11.2 Å². The molecule has 0 atom stereocenters. The molecule has 18 rings (SSSR count). The standard InChI is InChI=1S/C89H58N2O2/c1-7-29-59(30-8-1)66-41-21-23-51-79(66)90(81-53-27-49-74-72-47-25-45-68(85(72)92-87(74)81)61-33-11-3-12-34-61)65-55-56-76-77(57-65)89(63-37-15-5-16-38-63,64-39-17-6-18-40-64)78-58-83(70-43-19-20-44-71(70)84(76)78)91(80-52-24-22-42-67(80)60-31-9-2-10-32-60)82-54-28-50-75-73-48-26-46-69(86(73)93-88(75)82)62-35-13-4-14-36-62/h1-58H. The number of para-hydroxylation sites is 6. The van der Waals surface area contributed by atoms with Crippen molar-refractivity contribution in [1.82, 2.24) is 0 Å². The topological polar surface area (TPSA) is 32.8 Å². The van der Waals surface area contributed by atoms with Gasteiger partial charge in [0.25, 0.3) is 0 Å². The summed E-state index contributed by atoms with van der Waals surface area (Å²) < 4.78 is 14.8. The van der Waals surface area contributed by atoms with Crippen molar-refractivity contribution < 1.29 is 8.83 Å². The van der Waals surface area contributed by atoms with E-state index in [0.29, 0.717) is 0 Å². The molecule has 0 bridgehead atoms. The Hall–Kier alpha value is -12.2. The van der Waals surface area contributed by atoms with Crippen LogP contribution in [0.5, 0.6) is 0 Å². The minimum atomic E-state index is -0.872. The fourth-order valence-electron chi connectivity index (χ4n) is 15.1. The maximum absolute atomic E-state index is 7.44. The van der Waals surface area contributed by atoms with Crippen molar-refractivity contribution in [2.45, 2.75) is 5.41 Å². The predicted molar refractivity (Wildman–Crippen MR) is 387 cm³/mol. The molecule has 1 aliphatic rings. The Bertz CT molecular complexity index is 5640. The van der Waals surface area contributed by atoms with Crippen molar-refractivity contribution in [3.63, 3.8) is 0 Å². The molecule has 2 aromatic heterocycles. The Balaban J connectivity index is 0.939. The van der Waals surface area contributed by atoms with Gasteiger partial charge < -0.3 is 18.6 Å². The van der Waals surface area contributed by atoms with Gasteiger partial charge in [-0.05, 0) is 103 Å². The first-order valence-corrected chi connectivity index (χ1v) is 31.9. The highest BCUT2D eigenvalue weighted by Crippen LogP contribution is 2.62. The highest BCUT2D eigenvalue weighted by atomic mass is 16.3. The van der Waals surface area contributed by atoms with E-state index in [0.717, 1.165) is 144 Å². The number of nitrogens with zero attached hydrogens (tertiary/aromatic N) is 2. The van der Waals surface area contributed by atoms with Gasteiger partial charge in [0.1, 0.15) is 11.2 Å². The van der Waals surface area contributed by atoms with E-state index in [4.69, 9.17) is 8.83 Å². The van der Waals surface area contributed by atoms with Gasteiger partial charge >= 0.3 is 0 Å². The average Bonchev–Trinajstić information content (AvgIpc) is 1.53. The molecule has 0 aliphatic heterocycles. The Morgan fingerprint density at radius 2 is 0.570 bits per heavy atom. The summed E-state index contributed by atoms with van der Waals surface area (Å²) in [4.78, 5) is 4.94. The first-order valence-electron chi connectivity index (χ1n) is 31.9. The first-order chi connectivity index (χ1) is 46.2. The maximum atomic E-state index is 7.44. The third kappa shape index (κ3) is 8.53. The number of fused-ring (bicyclic) bond motifs is 11. The van der Waals surface area contributed by atoms with Gasteiger partial charge in [-0.3, -0.25) is 0 Å². The quantitative estimate of drug-likeness (QED) is 0.122. The second-order valence-electron chi connectivity index (χ2n) is 24.1. The van der Waals surface area contributed by atoms with E-state index in [-0.39, 0.29) is 0 Å². The molecule has 2 heterocycles. The normalized spacial score (nSPS) is 12.4. The molecule has 0 saturated heterocycles. The lowest BCUT2D eigenvalue weighted by Crippen LogP contribution is -2.29. The fraction of sp³-hybridized carbons (Fsp3) is 0.0112. The number of benzene rings is 15. The molecule has 0 unspecified atom stereocenters. The summed E-state index contributed by atoms with van der Waals surface area (Å²) >= 11 is 0. The van der Waals surface area contributed by atoms with Crippen molar-refractivity contribution in [2.24, 2.45) is 0 Å². The third-order valence-corrected chi connectivity index (χ3v) is 19.1. The van der Waals surface area contributed by atoms with Gasteiger partial charge in [-0.1, -0.05) is 309 Å². The van der Waals surface area contributed by atoms with Crippen molar-refractivity contribution in [1.29, 1.82) is 0 Å². The number of hydrogen-bond acceptors (Lipinski definition) is 4. The third-order valence-electron chi connectivity index (χ3n) is 19.1. The van der Waals surface area contributed by atoms with E-state index in [1.165, 1.54) is 22.3 Å². The summed E-state index contributed by atoms with van der Waals surface area (Å²) in [6, 6.07) is 128. The second kappa shape index (κ2) is 22.1. The molecule has 0 N–H and O–H groups in total. The van der Waals surface area contributed by atoms with Crippen LogP contribution in [-0.4, -0.2) is 0 Å². The molecule has 93 heavy (non-hydrogen) atoms. The number of rotatable bonds is 12. The molecule has 4 heteroatoms. The van der Waals surface area contributed by atoms with Crippen LogP contribution in [0.3, 0.4) is 0 Å². The van der Waals surface area contributed by atoms with Crippen LogP contribution in [0.1, 0.15) is 22.3 Å². The van der Waals surface area contributed by atoms with Gasteiger partial charge in [-0.2, -0.15) is 0 Å². The molecule has 0 amide bonds. The summed E-state index contributed by atoms with van der Waals surface area (Å²) in [5, 5.41) is 6.48. The molecular weight excluding hydrogens is 1130 g/mol. The van der Waals surface area contributed by atoms with Crippen LogP contribution in [0.2, 0.25) is 0 Å². The van der Waals surface area contributed by atoms with E-state index in [1.807, 2.05) is 0 Å². The molecule has 0 fully saturated rings. The number of anilines is 6. The smallest absolute Gasteiger partial charge is 0.159 e. The Kier molecular flexibility index (Phi) is 12.8. The van der Waals surface area contributed by atoms with E-state index < -0.39 is 5.41 Å². The molecule has 4 nitrogen and oxygen atoms in total. The molecule has 15 aromatic carbocycles. The lowest BCUT2D eigenvalue weighted by Gasteiger charge is -2.36. The minimum Gasteiger partial charge on any atom is -0.453 e. The van der Waals surface area contributed by atoms with Crippen LogP contribution < -0.4 is 9.80 Å².